The maximum Gasteiger partial charge on any atom is 0.196 e. The lowest BCUT2D eigenvalue weighted by atomic mass is 9.79. The molecule has 5 heteroatoms. The van der Waals surface area contributed by atoms with Gasteiger partial charge in [0.1, 0.15) is 0 Å². The Hall–Kier alpha value is -0.130. The van der Waals surface area contributed by atoms with E-state index in [0.29, 0.717) is 33.9 Å². The Morgan fingerprint density at radius 3 is 1.32 bits per heavy atom. The predicted molar refractivity (Wildman–Crippen MR) is 150 cm³/mol. The number of carbonyl (C=O) groups is 2. The zero-order chi connectivity index (χ0) is 17.7. The summed E-state index contributed by atoms with van der Waals surface area (Å²) in [6, 6.07) is 0. The maximum absolute atomic E-state index is 12.6. The fourth-order valence-electron chi connectivity index (χ4n) is 5.21. The highest BCUT2D eigenvalue weighted by molar-refractivity contribution is 8.30. The molecule has 0 aromatic carbocycles. The van der Waals surface area contributed by atoms with Crippen LogP contribution in [-0.2, 0) is 9.59 Å². The van der Waals surface area contributed by atoms with E-state index in [0.717, 1.165) is 35.9 Å². The lowest BCUT2D eigenvalue weighted by molar-refractivity contribution is -0.120. The summed E-state index contributed by atoms with van der Waals surface area (Å²) in [6.07, 6.45) is 13.4. The third-order valence-electron chi connectivity index (χ3n) is 6.83. The molecule has 0 N–H and O–H groups in total. The molecule has 4 bridgehead atoms. The Bertz CT molecular complexity index is 591. The molecule has 2 nitrogen and oxygen atoms in total. The van der Waals surface area contributed by atoms with Gasteiger partial charge in [0, 0.05) is 21.0 Å². The van der Waals surface area contributed by atoms with E-state index in [1.165, 1.54) is 23.5 Å². The molecule has 0 radical (unpaired) electrons. The molecule has 2 fully saturated rings. The monoisotopic (exact) mass is 490 g/mol. The first-order valence-electron chi connectivity index (χ1n) is 9.21. The van der Waals surface area contributed by atoms with Gasteiger partial charge in [0.25, 0.3) is 0 Å². The van der Waals surface area contributed by atoms with Gasteiger partial charge in [-0.25, -0.2) is 0 Å². The highest BCUT2D eigenvalue weighted by Crippen LogP contribution is 2.55. The Labute approximate surface area is 207 Å². The van der Waals surface area contributed by atoms with Crippen molar-refractivity contribution in [2.45, 2.75) is 84.1 Å². The van der Waals surface area contributed by atoms with Gasteiger partial charge in [0.15, 0.2) is 10.2 Å². The molecule has 6 atom stereocenters. The summed E-state index contributed by atoms with van der Waals surface area (Å²) in [5, 5.41) is 2.22. The molecule has 0 saturated heterocycles. The van der Waals surface area contributed by atoms with E-state index in [4.69, 9.17) is 0 Å². The van der Waals surface area contributed by atoms with Gasteiger partial charge in [-0.1, -0.05) is 106 Å². The topological polar surface area (TPSA) is 34.1 Å². The van der Waals surface area contributed by atoms with Crippen molar-refractivity contribution in [3.63, 3.8) is 0 Å². The van der Waals surface area contributed by atoms with Crippen LogP contribution in [0.1, 0.15) is 84.1 Å². The molecule has 6 unspecified atom stereocenters. The Morgan fingerprint density at radius 2 is 1.06 bits per heavy atom. The zero-order valence-corrected chi connectivity index (χ0v) is 17.4. The van der Waals surface area contributed by atoms with Crippen LogP contribution in [0.2, 0.25) is 0 Å². The molecule has 0 heterocycles. The molecule has 4 aliphatic carbocycles. The predicted octanol–water partition coefficient (Wildman–Crippen LogP) is 9.18. The summed E-state index contributed by atoms with van der Waals surface area (Å²) in [5.74, 6) is 2.14. The van der Waals surface area contributed by atoms with Crippen molar-refractivity contribution in [2.24, 2.45) is 34.5 Å². The average Bonchev–Trinajstić information content (AvgIpc) is 3.34. The van der Waals surface area contributed by atoms with E-state index in [9.17, 15) is 9.59 Å². The number of fused-ring (bicyclic) bond motifs is 4. The first-order valence-corrected chi connectivity index (χ1v) is 12.3. The molecule has 31 heavy (non-hydrogen) atoms. The molecule has 0 aromatic rings. The highest BCUT2D eigenvalue weighted by Gasteiger charge is 2.50. The summed E-state index contributed by atoms with van der Waals surface area (Å²) >= 11 is 4.64. The van der Waals surface area contributed by atoms with Crippen LogP contribution < -0.4 is 0 Å². The Kier molecular flexibility index (Phi) is 15.5. The third-order valence-corrected chi connectivity index (χ3v) is 10.6. The molecular formula is C26H50O2S3. The van der Waals surface area contributed by atoms with Gasteiger partial charge in [0.2, 0.25) is 0 Å². The summed E-state index contributed by atoms with van der Waals surface area (Å²) in [7, 11) is 0. The van der Waals surface area contributed by atoms with Crippen molar-refractivity contribution in [3.05, 3.63) is 24.3 Å². The van der Waals surface area contributed by atoms with Crippen LogP contribution in [0.5, 0.6) is 0 Å². The second-order valence-electron chi connectivity index (χ2n) is 8.52. The van der Waals surface area contributed by atoms with Crippen molar-refractivity contribution < 1.29 is 9.59 Å². The molecule has 4 aliphatic rings. The van der Waals surface area contributed by atoms with Crippen molar-refractivity contribution in [3.8, 4) is 0 Å². The standard InChI is InChI=1S/C20H26O2S3.6CH4/c1-19(9-13-3-5-15(19)7-13)17(21)24-11-23-12-25-18(22)20(2)10-14-4-6-16(20)8-14;;;;;;/h3-6,13-16H,7-12H2,1-2H3;6*1H4. The van der Waals surface area contributed by atoms with Crippen molar-refractivity contribution >= 4 is 45.5 Å². The van der Waals surface area contributed by atoms with Crippen LogP contribution in [-0.4, -0.2) is 20.4 Å². The van der Waals surface area contributed by atoms with Crippen LogP contribution in [0.3, 0.4) is 0 Å². The molecular weight excluding hydrogens is 440 g/mol. The number of hydrogen-bond donors (Lipinski definition) is 0. The van der Waals surface area contributed by atoms with E-state index in [2.05, 4.69) is 38.2 Å². The Balaban J connectivity index is -0.00000131. The van der Waals surface area contributed by atoms with Gasteiger partial charge >= 0.3 is 0 Å². The number of hydrogen-bond acceptors (Lipinski definition) is 5. The van der Waals surface area contributed by atoms with E-state index in [1.807, 2.05) is 0 Å². The van der Waals surface area contributed by atoms with Gasteiger partial charge in [-0.3, -0.25) is 9.59 Å². The quantitative estimate of drug-likeness (QED) is 0.210. The summed E-state index contributed by atoms with van der Waals surface area (Å²) < 4.78 is 0. The van der Waals surface area contributed by atoms with Crippen LogP contribution >= 0.6 is 35.3 Å². The summed E-state index contributed by atoms with van der Waals surface area (Å²) in [6.45, 7) is 4.28. The van der Waals surface area contributed by atoms with Crippen molar-refractivity contribution in [1.82, 2.24) is 0 Å². The van der Waals surface area contributed by atoms with Gasteiger partial charge in [-0.2, -0.15) is 0 Å². The van der Waals surface area contributed by atoms with E-state index in [1.54, 1.807) is 11.8 Å². The number of allylic oxidation sites excluding steroid dienone is 4. The molecule has 0 aromatic heterocycles. The SMILES string of the molecule is C.C.C.C.C.C.CC1(C(=O)SCSCSC(=O)C2(C)CC3C=CC2C3)CC2C=CC1C2. The smallest absolute Gasteiger partial charge is 0.196 e. The van der Waals surface area contributed by atoms with Gasteiger partial charge in [-0.05, 0) is 49.4 Å². The van der Waals surface area contributed by atoms with Crippen LogP contribution in [0.15, 0.2) is 24.3 Å². The van der Waals surface area contributed by atoms with Gasteiger partial charge in [-0.15, -0.1) is 11.8 Å². The largest absolute Gasteiger partial charge is 0.287 e. The van der Waals surface area contributed by atoms with Crippen LogP contribution in [0, 0.1) is 34.5 Å². The van der Waals surface area contributed by atoms with Crippen LogP contribution in [0.25, 0.3) is 0 Å². The van der Waals surface area contributed by atoms with E-state index < -0.39 is 0 Å². The highest BCUT2D eigenvalue weighted by atomic mass is 32.2. The first kappa shape index (κ1) is 35.5. The normalized spacial score (nSPS) is 34.9. The van der Waals surface area contributed by atoms with Crippen molar-refractivity contribution in [2.75, 3.05) is 10.2 Å². The van der Waals surface area contributed by atoms with Crippen molar-refractivity contribution in [1.29, 1.82) is 0 Å². The minimum atomic E-state index is -0.156. The lowest BCUT2D eigenvalue weighted by Gasteiger charge is -2.29. The number of carbonyl (C=O) groups excluding carboxylic acids is 2. The molecule has 184 valence electrons. The minimum absolute atomic E-state index is 0. The molecule has 4 rings (SSSR count). The molecule has 2 saturated carbocycles. The van der Waals surface area contributed by atoms with E-state index in [-0.39, 0.29) is 55.4 Å². The minimum Gasteiger partial charge on any atom is -0.287 e. The fourth-order valence-corrected chi connectivity index (χ4v) is 8.75. The van der Waals surface area contributed by atoms with Gasteiger partial charge in [0.05, 0.1) is 0 Å². The van der Waals surface area contributed by atoms with Crippen LogP contribution in [0.4, 0.5) is 0 Å². The number of rotatable bonds is 6. The van der Waals surface area contributed by atoms with E-state index >= 15 is 0 Å². The third kappa shape index (κ3) is 6.47. The second-order valence-corrected chi connectivity index (χ2v) is 12.1. The lowest BCUT2D eigenvalue weighted by Crippen LogP contribution is -2.30. The maximum atomic E-state index is 12.6. The molecule has 0 aliphatic heterocycles. The zero-order valence-electron chi connectivity index (χ0n) is 14.9. The fraction of sp³-hybridized carbons (Fsp3) is 0.769. The summed E-state index contributed by atoms with van der Waals surface area (Å²) in [4.78, 5) is 25.3. The average molecular weight is 491 g/mol. The molecule has 0 spiro atoms. The first-order chi connectivity index (χ1) is 11.9. The number of thioether (sulfide) groups is 3. The van der Waals surface area contributed by atoms with Gasteiger partial charge < -0.3 is 0 Å². The second kappa shape index (κ2) is 13.5. The molecule has 0 amide bonds. The summed E-state index contributed by atoms with van der Waals surface area (Å²) in [5.41, 5.74) is -0.312. The Morgan fingerprint density at radius 1 is 0.710 bits per heavy atom.